The van der Waals surface area contributed by atoms with E-state index in [4.69, 9.17) is 11.6 Å². The van der Waals surface area contributed by atoms with E-state index in [0.717, 1.165) is 31.5 Å². The van der Waals surface area contributed by atoms with Crippen LogP contribution in [0.2, 0.25) is 5.02 Å². The number of carbonyl (C=O) groups is 1. The average Bonchev–Trinajstić information content (AvgIpc) is 3.02. The summed E-state index contributed by atoms with van der Waals surface area (Å²) in [6.45, 7) is 8.00. The van der Waals surface area contributed by atoms with Crippen LogP contribution in [0.5, 0.6) is 0 Å². The molecule has 2 aromatic rings. The molecular weight excluding hydrogens is 336 g/mol. The van der Waals surface area contributed by atoms with E-state index in [1.54, 1.807) is 0 Å². The number of nitrogens with zero attached hydrogens (tertiary/aromatic N) is 2. The van der Waals surface area contributed by atoms with Crippen molar-refractivity contribution in [2.75, 3.05) is 13.1 Å². The van der Waals surface area contributed by atoms with E-state index in [0.29, 0.717) is 16.3 Å². The molecule has 1 aliphatic rings. The van der Waals surface area contributed by atoms with E-state index >= 15 is 0 Å². The van der Waals surface area contributed by atoms with Crippen LogP contribution in [0.3, 0.4) is 0 Å². The molecule has 0 bridgehead atoms. The largest absolute Gasteiger partial charge is 0.348 e. The second-order valence-electron chi connectivity index (χ2n) is 7.50. The molecule has 134 valence electrons. The molecule has 1 aliphatic heterocycles. The zero-order chi connectivity index (χ0) is 18.0. The van der Waals surface area contributed by atoms with Crippen LogP contribution >= 0.6 is 11.6 Å². The molecule has 1 amide bonds. The summed E-state index contributed by atoms with van der Waals surface area (Å²) >= 11 is 6.36. The van der Waals surface area contributed by atoms with E-state index in [9.17, 15) is 4.79 Å². The van der Waals surface area contributed by atoms with Gasteiger partial charge in [-0.05, 0) is 46.2 Å². The molecule has 3 rings (SSSR count). The summed E-state index contributed by atoms with van der Waals surface area (Å²) in [5.74, 6) is -0.0980. The average molecular weight is 361 g/mol. The summed E-state index contributed by atoms with van der Waals surface area (Å²) in [5.41, 5.74) is 1.75. The fourth-order valence-electron chi connectivity index (χ4n) is 2.97. The minimum absolute atomic E-state index is 0.0980. The Kier molecular flexibility index (Phi) is 5.16. The van der Waals surface area contributed by atoms with Crippen molar-refractivity contribution in [2.45, 2.75) is 45.2 Å². The fraction of sp³-hybridized carbons (Fsp3) is 0.474. The third kappa shape index (κ3) is 4.05. The van der Waals surface area contributed by atoms with Gasteiger partial charge in [0, 0.05) is 24.3 Å². The standard InChI is InChI=1S/C19H25ClN4O/c1-19(2,3)24-12-15(18(25)22-13-7-6-10-21-11-13)17(23-24)14-8-4-5-9-16(14)20/h4-5,8-9,12-13,21H,6-7,10-11H2,1-3H3,(H,22,25). The summed E-state index contributed by atoms with van der Waals surface area (Å²) in [7, 11) is 0. The Morgan fingerprint density at radius 1 is 1.36 bits per heavy atom. The van der Waals surface area contributed by atoms with Crippen LogP contribution in [0.4, 0.5) is 0 Å². The highest BCUT2D eigenvalue weighted by atomic mass is 35.5. The molecule has 0 aliphatic carbocycles. The van der Waals surface area contributed by atoms with Gasteiger partial charge in [0.1, 0.15) is 5.69 Å². The van der Waals surface area contributed by atoms with Gasteiger partial charge in [-0.2, -0.15) is 5.10 Å². The van der Waals surface area contributed by atoms with Gasteiger partial charge in [0.15, 0.2) is 0 Å². The molecule has 1 aromatic carbocycles. The van der Waals surface area contributed by atoms with Crippen molar-refractivity contribution in [3.05, 3.63) is 41.0 Å². The van der Waals surface area contributed by atoms with Crippen LogP contribution in [0.15, 0.2) is 30.5 Å². The molecule has 0 radical (unpaired) electrons. The SMILES string of the molecule is CC(C)(C)n1cc(C(=O)NC2CCCNC2)c(-c2ccccc2Cl)n1. The van der Waals surface area contributed by atoms with Crippen LogP contribution in [0.25, 0.3) is 11.3 Å². The molecule has 1 unspecified atom stereocenters. The Morgan fingerprint density at radius 2 is 2.12 bits per heavy atom. The predicted molar refractivity (Wildman–Crippen MR) is 101 cm³/mol. The highest BCUT2D eigenvalue weighted by molar-refractivity contribution is 6.33. The van der Waals surface area contributed by atoms with Gasteiger partial charge in [-0.1, -0.05) is 29.8 Å². The van der Waals surface area contributed by atoms with Crippen molar-refractivity contribution in [1.82, 2.24) is 20.4 Å². The van der Waals surface area contributed by atoms with Crippen molar-refractivity contribution in [1.29, 1.82) is 0 Å². The topological polar surface area (TPSA) is 59.0 Å². The van der Waals surface area contributed by atoms with Gasteiger partial charge in [0.05, 0.1) is 16.1 Å². The van der Waals surface area contributed by atoms with Gasteiger partial charge in [0.25, 0.3) is 5.91 Å². The number of nitrogens with one attached hydrogen (secondary N) is 2. The smallest absolute Gasteiger partial charge is 0.255 e. The Bertz CT molecular complexity index is 757. The lowest BCUT2D eigenvalue weighted by molar-refractivity contribution is 0.0931. The maximum absolute atomic E-state index is 12.9. The molecule has 2 heterocycles. The first-order chi connectivity index (χ1) is 11.9. The number of rotatable bonds is 3. The second kappa shape index (κ2) is 7.18. The van der Waals surface area contributed by atoms with Crippen molar-refractivity contribution < 1.29 is 4.79 Å². The van der Waals surface area contributed by atoms with Gasteiger partial charge < -0.3 is 10.6 Å². The Morgan fingerprint density at radius 3 is 2.76 bits per heavy atom. The number of aromatic nitrogens is 2. The first-order valence-corrected chi connectivity index (χ1v) is 9.10. The van der Waals surface area contributed by atoms with Crippen LogP contribution in [0.1, 0.15) is 44.0 Å². The highest BCUT2D eigenvalue weighted by Gasteiger charge is 2.25. The summed E-state index contributed by atoms with van der Waals surface area (Å²) < 4.78 is 1.83. The first kappa shape index (κ1) is 18.0. The van der Waals surface area contributed by atoms with Gasteiger partial charge in [-0.15, -0.1) is 0 Å². The minimum Gasteiger partial charge on any atom is -0.348 e. The normalized spacial score (nSPS) is 18.2. The van der Waals surface area contributed by atoms with E-state index < -0.39 is 0 Å². The third-order valence-electron chi connectivity index (χ3n) is 4.41. The maximum atomic E-state index is 12.9. The zero-order valence-electron chi connectivity index (χ0n) is 15.0. The van der Waals surface area contributed by atoms with Crippen molar-refractivity contribution in [3.63, 3.8) is 0 Å². The Balaban J connectivity index is 1.97. The third-order valence-corrected chi connectivity index (χ3v) is 4.74. The van der Waals surface area contributed by atoms with Gasteiger partial charge in [-0.3, -0.25) is 9.48 Å². The van der Waals surface area contributed by atoms with E-state index in [2.05, 4.69) is 36.5 Å². The number of piperidine rings is 1. The van der Waals surface area contributed by atoms with Crippen LogP contribution in [0, 0.1) is 0 Å². The van der Waals surface area contributed by atoms with E-state index in [1.165, 1.54) is 0 Å². The lowest BCUT2D eigenvalue weighted by atomic mass is 10.0. The van der Waals surface area contributed by atoms with Crippen LogP contribution in [-0.2, 0) is 5.54 Å². The predicted octanol–water partition coefficient (Wildman–Crippen LogP) is 3.44. The number of hydrogen-bond donors (Lipinski definition) is 2. The van der Waals surface area contributed by atoms with Crippen LogP contribution in [-0.4, -0.2) is 34.8 Å². The molecule has 6 heteroatoms. The number of benzene rings is 1. The number of halogens is 1. The summed E-state index contributed by atoms with van der Waals surface area (Å²) in [6, 6.07) is 7.65. The summed E-state index contributed by atoms with van der Waals surface area (Å²) in [6.07, 6.45) is 3.89. The molecule has 25 heavy (non-hydrogen) atoms. The number of carbonyl (C=O) groups excluding carboxylic acids is 1. The summed E-state index contributed by atoms with van der Waals surface area (Å²) in [4.78, 5) is 12.9. The van der Waals surface area contributed by atoms with Crippen molar-refractivity contribution in [2.24, 2.45) is 0 Å². The summed E-state index contributed by atoms with van der Waals surface area (Å²) in [5, 5.41) is 11.7. The first-order valence-electron chi connectivity index (χ1n) is 8.73. The van der Waals surface area contributed by atoms with E-state index in [-0.39, 0.29) is 17.5 Å². The number of hydrogen-bond acceptors (Lipinski definition) is 3. The van der Waals surface area contributed by atoms with Crippen LogP contribution < -0.4 is 10.6 Å². The second-order valence-corrected chi connectivity index (χ2v) is 7.91. The molecule has 1 saturated heterocycles. The lowest BCUT2D eigenvalue weighted by Crippen LogP contribution is -2.45. The molecule has 1 fully saturated rings. The number of amides is 1. The van der Waals surface area contributed by atoms with Gasteiger partial charge in [0.2, 0.25) is 0 Å². The van der Waals surface area contributed by atoms with E-state index in [1.807, 2.05) is 35.1 Å². The minimum atomic E-state index is -0.221. The molecule has 0 spiro atoms. The monoisotopic (exact) mass is 360 g/mol. The zero-order valence-corrected chi connectivity index (χ0v) is 15.7. The van der Waals surface area contributed by atoms with Gasteiger partial charge in [-0.25, -0.2) is 0 Å². The molecule has 1 aromatic heterocycles. The molecule has 0 saturated carbocycles. The molecule has 2 N–H and O–H groups in total. The maximum Gasteiger partial charge on any atom is 0.255 e. The van der Waals surface area contributed by atoms with Crippen molar-refractivity contribution >= 4 is 17.5 Å². The molecule has 5 nitrogen and oxygen atoms in total. The van der Waals surface area contributed by atoms with Gasteiger partial charge >= 0.3 is 0 Å². The molecular formula is C19H25ClN4O. The van der Waals surface area contributed by atoms with Crippen molar-refractivity contribution in [3.8, 4) is 11.3 Å². The Hall–Kier alpha value is -1.85. The quantitative estimate of drug-likeness (QED) is 0.881. The lowest BCUT2D eigenvalue weighted by Gasteiger charge is -2.23. The highest BCUT2D eigenvalue weighted by Crippen LogP contribution is 2.30. The fourth-order valence-corrected chi connectivity index (χ4v) is 3.20. The molecule has 1 atom stereocenters. The Labute approximate surface area is 153 Å².